The number of nitrogens with one attached hydrogen (secondary N) is 1. The molecule has 1 aliphatic heterocycles. The molecule has 7 nitrogen and oxygen atoms in total. The normalized spacial score (nSPS) is 13.4. The van der Waals surface area contributed by atoms with Crippen LogP contribution in [-0.4, -0.2) is 32.6 Å². The molecular weight excluding hydrogens is 238 g/mol. The van der Waals surface area contributed by atoms with Gasteiger partial charge in [0, 0.05) is 11.6 Å². The van der Waals surface area contributed by atoms with Crippen molar-refractivity contribution < 1.29 is 19.0 Å². The monoisotopic (exact) mass is 251 g/mol. The standard InChI is InChI=1S/C11H13N3O4/c1-16-8-5-10-9(17-2-3-18-10)4-7(8)6-13-14-11(12)15/h4-6H,2-3H2,1H3,(H3,12,14,15). The highest BCUT2D eigenvalue weighted by molar-refractivity contribution is 5.86. The fourth-order valence-electron chi connectivity index (χ4n) is 1.53. The van der Waals surface area contributed by atoms with Gasteiger partial charge in [0.2, 0.25) is 0 Å². The molecule has 1 aliphatic rings. The molecule has 0 atom stereocenters. The molecule has 96 valence electrons. The maximum Gasteiger partial charge on any atom is 0.332 e. The fourth-order valence-corrected chi connectivity index (χ4v) is 1.53. The van der Waals surface area contributed by atoms with E-state index in [1.165, 1.54) is 13.3 Å². The molecule has 1 aromatic carbocycles. The summed E-state index contributed by atoms with van der Waals surface area (Å²) in [6.45, 7) is 1.00. The van der Waals surface area contributed by atoms with Gasteiger partial charge in [0.05, 0.1) is 13.3 Å². The largest absolute Gasteiger partial charge is 0.496 e. The number of primary amides is 1. The number of carbonyl (C=O) groups is 1. The summed E-state index contributed by atoms with van der Waals surface area (Å²) in [7, 11) is 1.53. The number of hydrogen-bond acceptors (Lipinski definition) is 5. The lowest BCUT2D eigenvalue weighted by molar-refractivity contribution is 0.171. The van der Waals surface area contributed by atoms with Crippen molar-refractivity contribution in [3.8, 4) is 17.2 Å². The summed E-state index contributed by atoms with van der Waals surface area (Å²) >= 11 is 0. The van der Waals surface area contributed by atoms with E-state index >= 15 is 0 Å². The topological polar surface area (TPSA) is 95.2 Å². The SMILES string of the molecule is COc1cc2c(cc1C=NNC(N)=O)OCCO2. The van der Waals surface area contributed by atoms with Crippen molar-refractivity contribution in [3.63, 3.8) is 0 Å². The lowest BCUT2D eigenvalue weighted by atomic mass is 10.2. The van der Waals surface area contributed by atoms with Gasteiger partial charge < -0.3 is 19.9 Å². The van der Waals surface area contributed by atoms with Crippen LogP contribution in [0.25, 0.3) is 0 Å². The number of nitrogens with zero attached hydrogens (tertiary/aromatic N) is 1. The van der Waals surface area contributed by atoms with Crippen LogP contribution >= 0.6 is 0 Å². The van der Waals surface area contributed by atoms with E-state index in [1.807, 2.05) is 0 Å². The highest BCUT2D eigenvalue weighted by Gasteiger charge is 2.15. The van der Waals surface area contributed by atoms with E-state index in [0.29, 0.717) is 36.0 Å². The van der Waals surface area contributed by atoms with Gasteiger partial charge in [-0.05, 0) is 6.07 Å². The predicted molar refractivity (Wildman–Crippen MR) is 64.3 cm³/mol. The third kappa shape index (κ3) is 2.62. The zero-order valence-corrected chi connectivity index (χ0v) is 9.80. The average Bonchev–Trinajstić information content (AvgIpc) is 2.37. The molecular formula is C11H13N3O4. The molecule has 0 saturated carbocycles. The van der Waals surface area contributed by atoms with E-state index in [2.05, 4.69) is 10.5 Å². The number of nitrogens with two attached hydrogens (primary N) is 1. The van der Waals surface area contributed by atoms with Crippen LogP contribution < -0.4 is 25.4 Å². The number of amides is 2. The van der Waals surface area contributed by atoms with Gasteiger partial charge in [-0.2, -0.15) is 5.10 Å². The third-order valence-corrected chi connectivity index (χ3v) is 2.27. The number of hydrogen-bond donors (Lipinski definition) is 2. The van der Waals surface area contributed by atoms with Crippen LogP contribution in [0, 0.1) is 0 Å². The van der Waals surface area contributed by atoms with Gasteiger partial charge in [-0.15, -0.1) is 0 Å². The first-order chi connectivity index (χ1) is 8.70. The van der Waals surface area contributed by atoms with Crippen LogP contribution in [0.3, 0.4) is 0 Å². The number of urea groups is 1. The van der Waals surface area contributed by atoms with E-state index in [9.17, 15) is 4.79 Å². The van der Waals surface area contributed by atoms with E-state index in [0.717, 1.165) is 0 Å². The molecule has 2 rings (SSSR count). The van der Waals surface area contributed by atoms with Crippen molar-refractivity contribution in [1.29, 1.82) is 0 Å². The van der Waals surface area contributed by atoms with Crippen molar-refractivity contribution in [1.82, 2.24) is 5.43 Å². The first-order valence-corrected chi connectivity index (χ1v) is 5.27. The highest BCUT2D eigenvalue weighted by atomic mass is 16.6. The molecule has 18 heavy (non-hydrogen) atoms. The van der Waals surface area contributed by atoms with Crippen molar-refractivity contribution in [2.45, 2.75) is 0 Å². The summed E-state index contributed by atoms with van der Waals surface area (Å²) in [5, 5.41) is 3.67. The first-order valence-electron chi connectivity index (χ1n) is 5.27. The van der Waals surface area contributed by atoms with E-state index in [-0.39, 0.29) is 0 Å². The number of fused-ring (bicyclic) bond motifs is 1. The molecule has 1 aromatic rings. The Morgan fingerprint density at radius 3 is 2.72 bits per heavy atom. The lowest BCUT2D eigenvalue weighted by Crippen LogP contribution is -2.24. The molecule has 0 aliphatic carbocycles. The van der Waals surface area contributed by atoms with Crippen LogP contribution in [0.15, 0.2) is 17.2 Å². The minimum absolute atomic E-state index is 0.495. The van der Waals surface area contributed by atoms with Gasteiger partial charge in [0.15, 0.2) is 11.5 Å². The van der Waals surface area contributed by atoms with Gasteiger partial charge in [0.1, 0.15) is 19.0 Å². The molecule has 0 fully saturated rings. The summed E-state index contributed by atoms with van der Waals surface area (Å²) in [5.74, 6) is 1.80. The average molecular weight is 251 g/mol. The molecule has 2 amide bonds. The van der Waals surface area contributed by atoms with Crippen molar-refractivity contribution in [3.05, 3.63) is 17.7 Å². The zero-order chi connectivity index (χ0) is 13.0. The van der Waals surface area contributed by atoms with Gasteiger partial charge in [-0.25, -0.2) is 10.2 Å². The summed E-state index contributed by atoms with van der Waals surface area (Å²) < 4.78 is 16.1. The maximum atomic E-state index is 10.5. The number of benzene rings is 1. The summed E-state index contributed by atoms with van der Waals surface area (Å²) in [6, 6.07) is 2.70. The van der Waals surface area contributed by atoms with Gasteiger partial charge in [0.25, 0.3) is 0 Å². The minimum Gasteiger partial charge on any atom is -0.496 e. The first kappa shape index (κ1) is 12.0. The predicted octanol–water partition coefficient (Wildman–Crippen LogP) is 0.469. The molecule has 0 spiro atoms. The summed E-state index contributed by atoms with van der Waals surface area (Å²) in [5.41, 5.74) is 7.65. The molecule has 0 bridgehead atoms. The summed E-state index contributed by atoms with van der Waals surface area (Å²) in [4.78, 5) is 10.5. The van der Waals surface area contributed by atoms with E-state index in [1.54, 1.807) is 12.1 Å². The third-order valence-electron chi connectivity index (χ3n) is 2.27. The molecule has 3 N–H and O–H groups in total. The number of methoxy groups -OCH3 is 1. The van der Waals surface area contributed by atoms with E-state index < -0.39 is 6.03 Å². The Morgan fingerprint density at radius 2 is 2.11 bits per heavy atom. The van der Waals surface area contributed by atoms with E-state index in [4.69, 9.17) is 19.9 Å². The van der Waals surface area contributed by atoms with Crippen molar-refractivity contribution >= 4 is 12.2 Å². The Hall–Kier alpha value is -2.44. The molecule has 1 heterocycles. The van der Waals surface area contributed by atoms with Gasteiger partial charge in [-0.3, -0.25) is 0 Å². The molecule has 0 radical (unpaired) electrons. The molecule has 0 saturated heterocycles. The van der Waals surface area contributed by atoms with Gasteiger partial charge in [-0.1, -0.05) is 0 Å². The minimum atomic E-state index is -0.734. The van der Waals surface area contributed by atoms with Gasteiger partial charge >= 0.3 is 6.03 Å². The number of rotatable bonds is 3. The van der Waals surface area contributed by atoms with Crippen LogP contribution in [0.1, 0.15) is 5.56 Å². The Kier molecular flexibility index (Phi) is 3.52. The smallest absolute Gasteiger partial charge is 0.332 e. The quantitative estimate of drug-likeness (QED) is 0.603. The Balaban J connectivity index is 2.27. The number of hydrazone groups is 1. The number of carbonyl (C=O) groups excluding carboxylic acids is 1. The molecule has 0 unspecified atom stereocenters. The van der Waals surface area contributed by atoms with Crippen LogP contribution in [0.4, 0.5) is 4.79 Å². The van der Waals surface area contributed by atoms with Crippen molar-refractivity contribution in [2.75, 3.05) is 20.3 Å². The van der Waals surface area contributed by atoms with Crippen LogP contribution in [0.5, 0.6) is 17.2 Å². The van der Waals surface area contributed by atoms with Crippen molar-refractivity contribution in [2.24, 2.45) is 10.8 Å². The van der Waals surface area contributed by atoms with Crippen LogP contribution in [-0.2, 0) is 0 Å². The summed E-state index contributed by atoms with van der Waals surface area (Å²) in [6.07, 6.45) is 1.42. The Labute approximate surface area is 104 Å². The fraction of sp³-hybridized carbons (Fsp3) is 0.273. The molecule has 0 aromatic heterocycles. The number of ether oxygens (including phenoxy) is 3. The second-order valence-electron chi connectivity index (χ2n) is 3.47. The Morgan fingerprint density at radius 1 is 1.44 bits per heavy atom. The second kappa shape index (κ2) is 5.26. The highest BCUT2D eigenvalue weighted by Crippen LogP contribution is 2.35. The Bertz CT molecular complexity index is 487. The van der Waals surface area contributed by atoms with Crippen LogP contribution in [0.2, 0.25) is 0 Å². The second-order valence-corrected chi connectivity index (χ2v) is 3.47. The molecule has 7 heteroatoms. The maximum absolute atomic E-state index is 10.5. The zero-order valence-electron chi connectivity index (χ0n) is 9.80. The lowest BCUT2D eigenvalue weighted by Gasteiger charge is -2.19.